The van der Waals surface area contributed by atoms with Crippen LogP contribution in [0.2, 0.25) is 0 Å². The van der Waals surface area contributed by atoms with Gasteiger partial charge in [-0.1, -0.05) is 27.7 Å². The standard InChI is InChI=1S/C13H22O5/c1-12(2,7-6-10(16)18-5)11(17)13(3,4)8-9(14)15/h6-8H2,1-5H3,(H,14,15). The number of aliphatic carboxylic acids is 1. The lowest BCUT2D eigenvalue weighted by Crippen LogP contribution is -2.38. The summed E-state index contributed by atoms with van der Waals surface area (Å²) in [4.78, 5) is 34.1. The molecule has 0 aromatic rings. The van der Waals surface area contributed by atoms with E-state index in [0.29, 0.717) is 6.42 Å². The van der Waals surface area contributed by atoms with Gasteiger partial charge < -0.3 is 9.84 Å². The second-order valence-corrected chi connectivity index (χ2v) is 5.74. The van der Waals surface area contributed by atoms with Gasteiger partial charge in [-0.3, -0.25) is 14.4 Å². The van der Waals surface area contributed by atoms with Crippen LogP contribution in [0.5, 0.6) is 0 Å². The Kier molecular flexibility index (Phi) is 5.52. The van der Waals surface area contributed by atoms with Gasteiger partial charge in [0.05, 0.1) is 13.5 Å². The van der Waals surface area contributed by atoms with E-state index < -0.39 is 16.8 Å². The highest BCUT2D eigenvalue weighted by Gasteiger charge is 2.40. The molecule has 0 heterocycles. The van der Waals surface area contributed by atoms with Gasteiger partial charge in [0.2, 0.25) is 0 Å². The molecule has 0 amide bonds. The SMILES string of the molecule is COC(=O)CCC(C)(C)C(=O)C(C)(C)CC(=O)O. The first-order valence-corrected chi connectivity index (χ1v) is 5.86. The molecule has 0 aromatic carbocycles. The minimum absolute atomic E-state index is 0.151. The van der Waals surface area contributed by atoms with E-state index in [1.54, 1.807) is 27.7 Å². The summed E-state index contributed by atoms with van der Waals surface area (Å²) < 4.78 is 4.53. The van der Waals surface area contributed by atoms with Crippen molar-refractivity contribution < 1.29 is 24.2 Å². The van der Waals surface area contributed by atoms with Crippen LogP contribution in [0.15, 0.2) is 0 Å². The summed E-state index contributed by atoms with van der Waals surface area (Å²) in [6.45, 7) is 6.68. The largest absolute Gasteiger partial charge is 0.481 e. The van der Waals surface area contributed by atoms with Gasteiger partial charge in [-0.2, -0.15) is 0 Å². The van der Waals surface area contributed by atoms with Gasteiger partial charge in [0.15, 0.2) is 0 Å². The number of esters is 1. The molecule has 0 rings (SSSR count). The van der Waals surface area contributed by atoms with Gasteiger partial charge in [0, 0.05) is 17.3 Å². The van der Waals surface area contributed by atoms with E-state index in [-0.39, 0.29) is 24.6 Å². The molecule has 0 aromatic heterocycles. The van der Waals surface area contributed by atoms with Crippen molar-refractivity contribution in [3.63, 3.8) is 0 Å². The first-order chi connectivity index (χ1) is 8.03. The number of carbonyl (C=O) groups excluding carboxylic acids is 2. The second-order valence-electron chi connectivity index (χ2n) is 5.74. The molecule has 0 atom stereocenters. The zero-order valence-electron chi connectivity index (χ0n) is 11.7. The van der Waals surface area contributed by atoms with Crippen LogP contribution in [0.4, 0.5) is 0 Å². The van der Waals surface area contributed by atoms with Gasteiger partial charge in [-0.25, -0.2) is 0 Å². The molecule has 18 heavy (non-hydrogen) atoms. The summed E-state index contributed by atoms with van der Waals surface area (Å²) >= 11 is 0. The Labute approximate surface area is 108 Å². The van der Waals surface area contributed by atoms with Crippen LogP contribution in [0.1, 0.15) is 47.0 Å². The van der Waals surface area contributed by atoms with Crippen LogP contribution in [-0.4, -0.2) is 29.9 Å². The molecule has 0 radical (unpaired) electrons. The fraction of sp³-hybridized carbons (Fsp3) is 0.769. The normalized spacial score (nSPS) is 12.1. The molecule has 0 spiro atoms. The molecule has 0 unspecified atom stereocenters. The predicted molar refractivity (Wildman–Crippen MR) is 66.1 cm³/mol. The third-order valence-electron chi connectivity index (χ3n) is 3.00. The Morgan fingerprint density at radius 3 is 1.94 bits per heavy atom. The number of carboxylic acids is 1. The molecule has 0 fully saturated rings. The Morgan fingerprint density at radius 1 is 1.06 bits per heavy atom. The zero-order valence-corrected chi connectivity index (χ0v) is 11.7. The van der Waals surface area contributed by atoms with Gasteiger partial charge >= 0.3 is 11.9 Å². The third-order valence-corrected chi connectivity index (χ3v) is 3.00. The number of ether oxygens (including phenoxy) is 1. The van der Waals surface area contributed by atoms with Crippen molar-refractivity contribution in [2.75, 3.05) is 7.11 Å². The summed E-state index contributed by atoms with van der Waals surface area (Å²) in [6.07, 6.45) is 0.285. The fourth-order valence-electron chi connectivity index (χ4n) is 2.00. The first-order valence-electron chi connectivity index (χ1n) is 5.86. The van der Waals surface area contributed by atoms with E-state index in [4.69, 9.17) is 5.11 Å². The molecular weight excluding hydrogens is 236 g/mol. The van der Waals surface area contributed by atoms with E-state index in [1.165, 1.54) is 7.11 Å². The number of methoxy groups -OCH3 is 1. The molecule has 0 aliphatic carbocycles. The quantitative estimate of drug-likeness (QED) is 0.707. The lowest BCUT2D eigenvalue weighted by Gasteiger charge is -2.32. The second kappa shape index (κ2) is 5.98. The molecule has 0 bridgehead atoms. The van der Waals surface area contributed by atoms with Crippen molar-refractivity contribution >= 4 is 17.7 Å². The van der Waals surface area contributed by atoms with Crippen LogP contribution < -0.4 is 0 Å². The molecular formula is C13H22O5. The number of rotatable bonds is 7. The average Bonchev–Trinajstić information content (AvgIpc) is 2.23. The van der Waals surface area contributed by atoms with Crippen molar-refractivity contribution in [2.24, 2.45) is 10.8 Å². The third kappa shape index (κ3) is 4.85. The Balaban J connectivity index is 4.73. The maximum absolute atomic E-state index is 12.3. The number of carboxylic acid groups (broad SMARTS) is 1. The highest BCUT2D eigenvalue weighted by Crippen LogP contribution is 2.35. The van der Waals surface area contributed by atoms with E-state index in [9.17, 15) is 14.4 Å². The lowest BCUT2D eigenvalue weighted by atomic mass is 9.70. The summed E-state index contributed by atoms with van der Waals surface area (Å²) in [5, 5.41) is 8.79. The Morgan fingerprint density at radius 2 is 1.56 bits per heavy atom. The Bertz CT molecular complexity index is 341. The number of hydrogen-bond acceptors (Lipinski definition) is 4. The number of hydrogen-bond donors (Lipinski definition) is 1. The molecule has 5 heteroatoms. The van der Waals surface area contributed by atoms with Crippen molar-refractivity contribution in [3.8, 4) is 0 Å². The fourth-order valence-corrected chi connectivity index (χ4v) is 2.00. The highest BCUT2D eigenvalue weighted by molar-refractivity contribution is 5.92. The van der Waals surface area contributed by atoms with E-state index in [1.807, 2.05) is 0 Å². The lowest BCUT2D eigenvalue weighted by molar-refractivity contribution is -0.148. The van der Waals surface area contributed by atoms with Crippen molar-refractivity contribution in [2.45, 2.75) is 47.0 Å². The van der Waals surface area contributed by atoms with Crippen LogP contribution in [0.3, 0.4) is 0 Å². The van der Waals surface area contributed by atoms with E-state index in [0.717, 1.165) is 0 Å². The summed E-state index contributed by atoms with van der Waals surface area (Å²) in [5.74, 6) is -1.52. The minimum atomic E-state index is -1.00. The van der Waals surface area contributed by atoms with Crippen molar-refractivity contribution in [1.29, 1.82) is 0 Å². The van der Waals surface area contributed by atoms with Gasteiger partial charge in [-0.05, 0) is 6.42 Å². The number of ketones is 1. The first kappa shape index (κ1) is 16.6. The minimum Gasteiger partial charge on any atom is -0.481 e. The average molecular weight is 258 g/mol. The van der Waals surface area contributed by atoms with Gasteiger partial charge in [0.25, 0.3) is 0 Å². The van der Waals surface area contributed by atoms with E-state index in [2.05, 4.69) is 4.74 Å². The molecule has 5 nitrogen and oxygen atoms in total. The predicted octanol–water partition coefficient (Wildman–Crippen LogP) is 2.04. The molecule has 0 saturated heterocycles. The summed E-state index contributed by atoms with van der Waals surface area (Å²) in [5.41, 5.74) is -1.68. The molecule has 0 aliphatic heterocycles. The monoisotopic (exact) mass is 258 g/mol. The van der Waals surface area contributed by atoms with Crippen LogP contribution in [-0.2, 0) is 19.1 Å². The van der Waals surface area contributed by atoms with Crippen LogP contribution in [0, 0.1) is 10.8 Å². The Hall–Kier alpha value is -1.39. The maximum atomic E-state index is 12.3. The maximum Gasteiger partial charge on any atom is 0.305 e. The summed E-state index contributed by atoms with van der Waals surface area (Å²) in [7, 11) is 1.30. The van der Waals surface area contributed by atoms with Crippen LogP contribution in [0.25, 0.3) is 0 Å². The van der Waals surface area contributed by atoms with Crippen molar-refractivity contribution in [3.05, 3.63) is 0 Å². The zero-order chi connectivity index (χ0) is 14.6. The van der Waals surface area contributed by atoms with Crippen molar-refractivity contribution in [1.82, 2.24) is 0 Å². The molecule has 1 N–H and O–H groups in total. The summed E-state index contributed by atoms with van der Waals surface area (Å²) in [6, 6.07) is 0. The number of carbonyl (C=O) groups is 3. The molecule has 104 valence electrons. The number of Topliss-reactive ketones (excluding diaryl/α,β-unsaturated/α-hetero) is 1. The van der Waals surface area contributed by atoms with Crippen LogP contribution >= 0.6 is 0 Å². The highest BCUT2D eigenvalue weighted by atomic mass is 16.5. The topological polar surface area (TPSA) is 80.7 Å². The smallest absolute Gasteiger partial charge is 0.305 e. The molecule has 0 saturated carbocycles. The molecule has 0 aliphatic rings. The van der Waals surface area contributed by atoms with Gasteiger partial charge in [-0.15, -0.1) is 0 Å². The van der Waals surface area contributed by atoms with Gasteiger partial charge in [0.1, 0.15) is 5.78 Å². The van der Waals surface area contributed by atoms with E-state index >= 15 is 0 Å².